The van der Waals surface area contributed by atoms with Gasteiger partial charge in [0, 0.05) is 33.9 Å². The molecule has 1 saturated heterocycles. The van der Waals surface area contributed by atoms with Crippen LogP contribution in [-0.2, 0) is 25.7 Å². The standard InChI is InChI=1S/C25H25Cl2N5O6S2/c26-14-3-4-17(27)18(6-14)39-12-20(35)30-21-23(36)32-22(25(37)38)13(11-40-24(21)32)9-31-5-1-2-15(10-31)29-19(34)7-16(33)8-28/h1-6,10,16,21,24,33H,7-9,11-12,28H2,(H2-,29,30,34,35,37,38)/t16?,21-,24-/m1/s1. The first-order valence-electron chi connectivity index (χ1n) is 12.0. The SMILES string of the molecule is NCC(O)CC(=O)Nc1ccc[n+](CC2=C(C(=O)[O-])N3C(=O)[C@@H](NC(=O)CSc4cc(Cl)ccc4Cl)[C@H]3SC2)c1. The molecule has 1 fully saturated rings. The molecule has 4 rings (SSSR count). The van der Waals surface area contributed by atoms with Crippen LogP contribution in [0.5, 0.6) is 0 Å². The van der Waals surface area contributed by atoms with E-state index in [4.69, 9.17) is 28.9 Å². The van der Waals surface area contributed by atoms with E-state index < -0.39 is 41.2 Å². The molecule has 212 valence electrons. The molecular formula is C25H25Cl2N5O6S2. The number of amides is 3. The molecule has 0 bridgehead atoms. The number of carbonyl (C=O) groups is 4. The molecule has 3 amide bonds. The Bertz CT molecular complexity index is 1380. The third-order valence-electron chi connectivity index (χ3n) is 6.02. The molecule has 0 aliphatic carbocycles. The number of hydrogen-bond acceptors (Lipinski definition) is 9. The number of nitrogens with zero attached hydrogens (tertiary/aromatic N) is 2. The number of halogens is 2. The van der Waals surface area contributed by atoms with Gasteiger partial charge in [0.15, 0.2) is 18.9 Å². The van der Waals surface area contributed by atoms with Crippen LogP contribution >= 0.6 is 46.7 Å². The van der Waals surface area contributed by atoms with Crippen LogP contribution in [0.25, 0.3) is 0 Å². The number of aliphatic carboxylic acids is 1. The van der Waals surface area contributed by atoms with Crippen molar-refractivity contribution in [1.29, 1.82) is 0 Å². The van der Waals surface area contributed by atoms with Crippen molar-refractivity contribution in [2.75, 3.05) is 23.4 Å². The zero-order valence-electron chi connectivity index (χ0n) is 20.8. The molecular weight excluding hydrogens is 601 g/mol. The molecule has 40 heavy (non-hydrogen) atoms. The number of anilines is 1. The number of thioether (sulfide) groups is 2. The lowest BCUT2D eigenvalue weighted by Gasteiger charge is -2.50. The first kappa shape index (κ1) is 30.2. The molecule has 15 heteroatoms. The summed E-state index contributed by atoms with van der Waals surface area (Å²) in [6, 6.07) is 7.34. The van der Waals surface area contributed by atoms with E-state index in [1.54, 1.807) is 47.3 Å². The minimum Gasteiger partial charge on any atom is -0.543 e. The van der Waals surface area contributed by atoms with Gasteiger partial charge in [-0.1, -0.05) is 23.2 Å². The molecule has 2 aliphatic heterocycles. The maximum atomic E-state index is 12.9. The van der Waals surface area contributed by atoms with Crippen LogP contribution in [0.1, 0.15) is 6.42 Å². The van der Waals surface area contributed by atoms with Crippen molar-refractivity contribution in [3.63, 3.8) is 0 Å². The molecule has 11 nitrogen and oxygen atoms in total. The van der Waals surface area contributed by atoms with Crippen molar-refractivity contribution in [2.24, 2.45) is 5.73 Å². The molecule has 2 aromatic rings. The summed E-state index contributed by atoms with van der Waals surface area (Å²) in [5, 5.41) is 27.3. The van der Waals surface area contributed by atoms with Crippen LogP contribution in [0.3, 0.4) is 0 Å². The molecule has 1 aromatic heterocycles. The van der Waals surface area contributed by atoms with Gasteiger partial charge in [0.05, 0.1) is 35.0 Å². The van der Waals surface area contributed by atoms with Gasteiger partial charge in [0.1, 0.15) is 17.1 Å². The van der Waals surface area contributed by atoms with Gasteiger partial charge in [0.25, 0.3) is 5.91 Å². The van der Waals surface area contributed by atoms with E-state index in [9.17, 15) is 29.4 Å². The summed E-state index contributed by atoms with van der Waals surface area (Å²) in [5.41, 5.74) is 5.99. The number of aliphatic hydroxyl groups excluding tert-OH is 1. The number of carboxylic acid groups (broad SMARTS) is 1. The molecule has 5 N–H and O–H groups in total. The van der Waals surface area contributed by atoms with Crippen LogP contribution in [-0.4, -0.2) is 69.3 Å². The summed E-state index contributed by atoms with van der Waals surface area (Å²) >= 11 is 14.6. The van der Waals surface area contributed by atoms with E-state index >= 15 is 0 Å². The second-order valence-electron chi connectivity index (χ2n) is 8.96. The zero-order chi connectivity index (χ0) is 29.0. The Kier molecular flexibility index (Phi) is 9.98. The number of nitrogens with one attached hydrogen (secondary N) is 2. The Morgan fingerprint density at radius 2 is 2.05 bits per heavy atom. The van der Waals surface area contributed by atoms with E-state index in [0.29, 0.717) is 26.2 Å². The predicted molar refractivity (Wildman–Crippen MR) is 149 cm³/mol. The van der Waals surface area contributed by atoms with Gasteiger partial charge in [-0.3, -0.25) is 19.3 Å². The highest BCUT2D eigenvalue weighted by Crippen LogP contribution is 2.40. The fraction of sp³-hybridized carbons (Fsp3) is 0.320. The first-order chi connectivity index (χ1) is 19.1. The highest BCUT2D eigenvalue weighted by molar-refractivity contribution is 8.00. The highest BCUT2D eigenvalue weighted by atomic mass is 35.5. The number of aromatic nitrogens is 1. The van der Waals surface area contributed by atoms with E-state index in [1.165, 1.54) is 23.5 Å². The van der Waals surface area contributed by atoms with E-state index in [1.807, 2.05) is 0 Å². The number of pyridine rings is 1. The molecule has 1 unspecified atom stereocenters. The van der Waals surface area contributed by atoms with Gasteiger partial charge in [-0.2, -0.15) is 4.57 Å². The van der Waals surface area contributed by atoms with Crippen LogP contribution in [0.4, 0.5) is 5.69 Å². The Balaban J connectivity index is 1.40. The molecule has 0 spiro atoms. The van der Waals surface area contributed by atoms with E-state index in [2.05, 4.69) is 10.6 Å². The Morgan fingerprint density at radius 3 is 2.77 bits per heavy atom. The smallest absolute Gasteiger partial charge is 0.253 e. The lowest BCUT2D eigenvalue weighted by Crippen LogP contribution is -2.71. The van der Waals surface area contributed by atoms with Crippen LogP contribution in [0.2, 0.25) is 10.0 Å². The Morgan fingerprint density at radius 1 is 1.27 bits per heavy atom. The van der Waals surface area contributed by atoms with Crippen molar-refractivity contribution in [3.05, 3.63) is 64.0 Å². The summed E-state index contributed by atoms with van der Waals surface area (Å²) in [6.07, 6.45) is 2.17. The van der Waals surface area contributed by atoms with Crippen LogP contribution in [0, 0.1) is 0 Å². The van der Waals surface area contributed by atoms with Crippen molar-refractivity contribution in [2.45, 2.75) is 35.4 Å². The number of β-lactam (4-membered cyclic amide) rings is 1. The highest BCUT2D eigenvalue weighted by Gasteiger charge is 2.53. The summed E-state index contributed by atoms with van der Waals surface area (Å²) in [6.45, 7) is 0.0770. The van der Waals surface area contributed by atoms with E-state index in [0.717, 1.165) is 4.90 Å². The summed E-state index contributed by atoms with van der Waals surface area (Å²) in [5.74, 6) is -2.59. The normalized spacial score (nSPS) is 19.0. The summed E-state index contributed by atoms with van der Waals surface area (Å²) in [7, 11) is 0. The van der Waals surface area contributed by atoms with Gasteiger partial charge in [0.2, 0.25) is 11.8 Å². The molecule has 0 radical (unpaired) electrons. The van der Waals surface area contributed by atoms with Gasteiger partial charge in [-0.15, -0.1) is 23.5 Å². The average Bonchev–Trinajstić information content (AvgIpc) is 2.91. The third-order valence-corrected chi connectivity index (χ3v) is 9.09. The summed E-state index contributed by atoms with van der Waals surface area (Å²) < 4.78 is 1.66. The van der Waals surface area contributed by atoms with Crippen LogP contribution in [0.15, 0.2) is 58.9 Å². The quantitative estimate of drug-likeness (QED) is 0.154. The lowest BCUT2D eigenvalue weighted by molar-refractivity contribution is -0.688. The lowest BCUT2D eigenvalue weighted by atomic mass is 10.0. The monoisotopic (exact) mass is 625 g/mol. The van der Waals surface area contributed by atoms with Gasteiger partial charge < -0.3 is 31.4 Å². The zero-order valence-corrected chi connectivity index (χ0v) is 24.0. The minimum atomic E-state index is -1.49. The van der Waals surface area contributed by atoms with Gasteiger partial charge in [-0.25, -0.2) is 0 Å². The number of carboxylic acids is 1. The largest absolute Gasteiger partial charge is 0.543 e. The first-order valence-corrected chi connectivity index (χ1v) is 14.8. The molecule has 1 aromatic carbocycles. The second-order valence-corrected chi connectivity index (χ2v) is 11.9. The Labute approximate surface area is 248 Å². The number of rotatable bonds is 11. The number of nitrogens with two attached hydrogens (primary N) is 1. The van der Waals surface area contributed by atoms with Crippen LogP contribution < -0.4 is 26.0 Å². The second kappa shape index (κ2) is 13.2. The third kappa shape index (κ3) is 7.09. The van der Waals surface area contributed by atoms with Gasteiger partial charge in [-0.05, 0) is 24.3 Å². The topological polar surface area (TPSA) is 169 Å². The van der Waals surface area contributed by atoms with Crippen molar-refractivity contribution >= 4 is 76.1 Å². The maximum absolute atomic E-state index is 12.9. The molecule has 3 heterocycles. The molecule has 2 aliphatic rings. The maximum Gasteiger partial charge on any atom is 0.253 e. The fourth-order valence-corrected chi connectivity index (χ4v) is 6.80. The van der Waals surface area contributed by atoms with Crippen molar-refractivity contribution in [1.82, 2.24) is 10.2 Å². The number of hydrogen-bond donors (Lipinski definition) is 4. The predicted octanol–water partition coefficient (Wildman–Crippen LogP) is 0.125. The number of carbonyl (C=O) groups excluding carboxylic acids is 4. The number of aliphatic hydroxyl groups is 1. The fourth-order valence-electron chi connectivity index (χ4n) is 4.16. The summed E-state index contributed by atoms with van der Waals surface area (Å²) in [4.78, 5) is 51.4. The number of fused-ring (bicyclic) bond motifs is 1. The van der Waals surface area contributed by atoms with Crippen molar-refractivity contribution in [3.8, 4) is 0 Å². The van der Waals surface area contributed by atoms with Crippen molar-refractivity contribution < 1.29 is 34.0 Å². The molecule has 3 atom stereocenters. The molecule has 0 saturated carbocycles. The Hall–Kier alpha value is -2.81. The minimum absolute atomic E-state index is 0.00956. The average molecular weight is 627 g/mol. The van der Waals surface area contributed by atoms with E-state index in [-0.39, 0.29) is 36.7 Å². The number of benzene rings is 1. The van der Waals surface area contributed by atoms with Gasteiger partial charge >= 0.3 is 0 Å².